The van der Waals surface area contributed by atoms with Crippen molar-refractivity contribution < 1.29 is 0 Å². The van der Waals surface area contributed by atoms with E-state index in [0.29, 0.717) is 0 Å². The highest BCUT2D eigenvalue weighted by Crippen LogP contribution is 2.89. The van der Waals surface area contributed by atoms with Gasteiger partial charge in [0.15, 0.2) is 27.6 Å². The molecule has 0 N–H and O–H groups in total. The van der Waals surface area contributed by atoms with Gasteiger partial charge in [-0.3, -0.25) is 0 Å². The lowest BCUT2D eigenvalue weighted by atomic mass is 10.4. The van der Waals surface area contributed by atoms with Gasteiger partial charge >= 0.3 is 0 Å². The first-order chi connectivity index (χ1) is 42.3. The zero-order valence-electron chi connectivity index (χ0n) is 74.2. The molecule has 0 aromatic carbocycles. The second-order valence-electron chi connectivity index (χ2n) is 50.2. The van der Waals surface area contributed by atoms with Crippen molar-refractivity contribution in [3.63, 3.8) is 0 Å². The van der Waals surface area contributed by atoms with Gasteiger partial charge in [-0.25, -0.2) is 0 Å². The Morgan fingerprint density at radius 1 is 0.140 bits per heavy atom. The Balaban J connectivity index is 0.000000520. The van der Waals surface area contributed by atoms with E-state index in [4.69, 9.17) is 88.6 Å². The molecule has 0 aliphatic carbocycles. The van der Waals surface area contributed by atoms with E-state index in [2.05, 4.69) is 314 Å². The molecule has 0 spiro atoms. The van der Waals surface area contributed by atoms with Crippen LogP contribution in [0.5, 0.6) is 0 Å². The van der Waals surface area contributed by atoms with Crippen molar-refractivity contribution >= 4 is 313 Å². The first kappa shape index (κ1) is 103. The lowest BCUT2D eigenvalue weighted by Crippen LogP contribution is -2.91. The molecule has 4 rings (SSSR count). The minimum absolute atomic E-state index is 0.00488. The van der Waals surface area contributed by atoms with Gasteiger partial charge in [0, 0.05) is 129 Å². The Kier molecular flexibility index (Phi) is 29.0. The highest BCUT2D eigenvalue weighted by atomic mass is 35.8. The molecule has 4 fully saturated rings. The molecule has 4 aliphatic heterocycles. The van der Waals surface area contributed by atoms with Crippen molar-refractivity contribution in [2.24, 2.45) is 0 Å². The monoisotopic (exact) mass is 2020 g/mol. The molecule has 596 valence electrons. The fourth-order valence-electron chi connectivity index (χ4n) is 30.6. The Morgan fingerprint density at radius 3 is 0.230 bits per heavy atom. The smallest absolute Gasteiger partial charge is 0.168 e. The van der Waals surface area contributed by atoms with Gasteiger partial charge in [0.25, 0.3) is 22.9 Å². The molecule has 4 saturated heterocycles. The van der Waals surface area contributed by atoms with Crippen molar-refractivity contribution in [3.8, 4) is 0 Å². The maximum Gasteiger partial charge on any atom is 0.277 e. The third-order valence-corrected chi connectivity index (χ3v) is 349. The van der Waals surface area contributed by atoms with Gasteiger partial charge in [-0.2, -0.15) is 44.3 Å². The average molecular weight is 2030 g/mol. The molecule has 0 unspecified atom stereocenters. The normalized spacial score (nSPS) is 24.8. The first-order valence-corrected chi connectivity index (χ1v) is 129. The molecule has 0 aromatic heterocycles. The van der Waals surface area contributed by atoms with Crippen molar-refractivity contribution in [1.82, 2.24) is 0 Å². The SMILES string of the molecule is C[Si](C)(C)C1([Si](C)(C)C)CCC([Si](C)(C)C)([Si](C)(C)C)[Si]1(Cl)[Si](Cl)(Cl)[Si](Cl)(Cl)[Si]1(Cl)C([Si](C)(C)C)([Si](C)(C)C)CCC1([Si](C)(C)C)[Si](C)(C)C.C[Si](C)(C)C1([Si](C)(C)C)CCC([Si](C)(C)C)([Si](C)(C)C)[Si]1(Cl)[Si](Cl)(Cl)[Si](Cl)(Cl)[Si]1(Cl)C([Si](C)(C)C)([Si](C)(C)C)CCC1([Si](C)(C)C)[Si](C)(C)C. The van der Waals surface area contributed by atoms with Crippen molar-refractivity contribution in [3.05, 3.63) is 0 Å². The Labute approximate surface area is 703 Å². The topological polar surface area (TPSA) is 0 Å². The van der Waals surface area contributed by atoms with Crippen molar-refractivity contribution in [2.45, 2.75) is 400 Å². The molecule has 0 aromatic rings. The van der Waals surface area contributed by atoms with E-state index in [-0.39, 0.29) is 34.3 Å². The number of rotatable bonds is 22. The highest BCUT2D eigenvalue weighted by molar-refractivity contribution is 8.25. The van der Waals surface area contributed by atoms with Gasteiger partial charge in [0.2, 0.25) is 0 Å². The molecule has 36 heteroatoms. The van der Waals surface area contributed by atoms with Gasteiger partial charge in [0.1, 0.15) is 0 Å². The number of hydrogen-bond donors (Lipinski definition) is 0. The van der Waals surface area contributed by atoms with Crippen LogP contribution in [0.3, 0.4) is 0 Å². The van der Waals surface area contributed by atoms with E-state index in [1.807, 2.05) is 0 Å². The second kappa shape index (κ2) is 28.1. The fourth-order valence-corrected chi connectivity index (χ4v) is 537. The van der Waals surface area contributed by atoms with Gasteiger partial charge < -0.3 is 0 Å². The van der Waals surface area contributed by atoms with E-state index < -0.39 is 180 Å². The number of hydrogen-bond acceptors (Lipinski definition) is 0. The average Bonchev–Trinajstić information content (AvgIpc) is 1.36. The van der Waals surface area contributed by atoms with Gasteiger partial charge in [-0.15, -0.1) is 88.6 Å². The molecule has 0 nitrogen and oxygen atoms in total. The second-order valence-corrected chi connectivity index (χ2v) is 239. The molecule has 0 bridgehead atoms. The summed E-state index contributed by atoms with van der Waals surface area (Å²) in [5.74, 6) is 0. The molecule has 0 saturated carbocycles. The standard InChI is InChI=1S/2C32H80Cl6Si12/c2*1-39(2,3)29(40(4,5)6)25-26-30(41(7,8)9,42(10,11)12)47(29,33)49(35,36)50(37,38)48(34)31(43(13,14)15,44(16,17)18)27-28-32(48,45(19,20)21)46(22,23)24/h2*25-28H2,1-24H3. The van der Waals surface area contributed by atoms with E-state index in [0.717, 1.165) is 0 Å². The molecule has 4 aliphatic rings. The summed E-state index contributed by atoms with van der Waals surface area (Å²) in [5, 5.41) is 0. The predicted octanol–water partition coefficient (Wildman–Crippen LogP) is 32.0. The summed E-state index contributed by atoms with van der Waals surface area (Å²) in [5.41, 5.74) is -15.1. The van der Waals surface area contributed by atoms with Crippen LogP contribution in [-0.2, 0) is 0 Å². The van der Waals surface area contributed by atoms with Crippen LogP contribution >= 0.6 is 133 Å². The summed E-state index contributed by atoms with van der Waals surface area (Å²) < 4.78 is -0.0390. The molecule has 100 heavy (non-hydrogen) atoms. The molecule has 4 heterocycles. The van der Waals surface area contributed by atoms with Gasteiger partial charge in [-0.1, -0.05) is 366 Å². The van der Waals surface area contributed by atoms with Crippen LogP contribution < -0.4 is 0 Å². The maximum absolute atomic E-state index is 9.47. The summed E-state index contributed by atoms with van der Waals surface area (Å²) in [7, 11) is -32.8. The van der Waals surface area contributed by atoms with E-state index in [1.165, 1.54) is 51.4 Å². The summed E-state index contributed by atoms with van der Waals surface area (Å²) in [6, 6.07) is 0. The summed E-state index contributed by atoms with van der Waals surface area (Å²) >= 11 is 110. The third-order valence-electron chi connectivity index (χ3n) is 31.2. The zero-order valence-corrected chi connectivity index (χ0v) is 107. The molecule has 0 radical (unpaired) electrons. The number of halogens is 12. The Hall–Kier alpha value is 8.69. The zero-order chi connectivity index (χ0) is 81.7. The van der Waals surface area contributed by atoms with Crippen molar-refractivity contribution in [2.75, 3.05) is 0 Å². The van der Waals surface area contributed by atoms with Gasteiger partial charge in [-0.05, 0) is 34.3 Å². The predicted molar refractivity (Wildman–Crippen MR) is 548 cm³/mol. The summed E-state index contributed by atoms with van der Waals surface area (Å²) in [4.78, 5) is 0. The van der Waals surface area contributed by atoms with E-state index in [1.54, 1.807) is 0 Å². The lowest BCUT2D eigenvalue weighted by Gasteiger charge is -2.71. The largest absolute Gasteiger partial charge is 0.277 e. The Morgan fingerprint density at radius 2 is 0.190 bits per heavy atom. The quantitative estimate of drug-likeness (QED) is 0.0749. The molecule has 0 amide bonds. The maximum atomic E-state index is 9.47. The fraction of sp³-hybridized carbons (Fsp3) is 1.00. The minimum atomic E-state index is -3.79. The van der Waals surface area contributed by atoms with Crippen molar-refractivity contribution in [1.29, 1.82) is 0 Å². The van der Waals surface area contributed by atoms with Crippen LogP contribution in [0, 0.1) is 0 Å². The minimum Gasteiger partial charge on any atom is -0.168 e. The molecular formula is C64H160Cl12Si24. The van der Waals surface area contributed by atoms with Gasteiger partial charge in [0.05, 0.1) is 0 Å². The molecular weight excluding hydrogens is 1870 g/mol. The van der Waals surface area contributed by atoms with Crippen LogP contribution in [0.15, 0.2) is 0 Å². The van der Waals surface area contributed by atoms with Crippen LogP contribution in [0.4, 0.5) is 0 Å². The summed E-state index contributed by atoms with van der Waals surface area (Å²) in [6.45, 7) is 113. The lowest BCUT2D eigenvalue weighted by molar-refractivity contribution is 0.763. The highest BCUT2D eigenvalue weighted by Gasteiger charge is 2.99. The van der Waals surface area contributed by atoms with E-state index >= 15 is 0 Å². The van der Waals surface area contributed by atoms with Crippen LogP contribution in [-0.4, -0.2) is 180 Å². The molecule has 0 atom stereocenters. The third kappa shape index (κ3) is 12.7. The first-order valence-electron chi connectivity index (χ1n) is 38.6. The van der Waals surface area contributed by atoms with Crippen LogP contribution in [0.2, 0.25) is 349 Å². The van der Waals surface area contributed by atoms with E-state index in [9.17, 15) is 44.3 Å². The van der Waals surface area contributed by atoms with Crippen LogP contribution in [0.1, 0.15) is 51.4 Å². The van der Waals surface area contributed by atoms with Crippen LogP contribution in [0.25, 0.3) is 0 Å². The summed E-state index contributed by atoms with van der Waals surface area (Å²) in [6.07, 6.45) is 9.38. The Bertz CT molecular complexity index is 2320.